The number of rotatable bonds is 5. The van der Waals surface area contributed by atoms with Crippen LogP contribution >= 0.6 is 15.9 Å². The summed E-state index contributed by atoms with van der Waals surface area (Å²) < 4.78 is 19.1. The van der Waals surface area contributed by atoms with Crippen molar-refractivity contribution in [2.45, 2.75) is 13.2 Å². The number of anilines is 1. The minimum Gasteiger partial charge on any atom is -0.380 e. The molecule has 0 radical (unpaired) electrons. The van der Waals surface area contributed by atoms with Gasteiger partial charge in [0, 0.05) is 18.1 Å². The van der Waals surface area contributed by atoms with Gasteiger partial charge in [-0.1, -0.05) is 24.3 Å². The molecular formula is C15H15BrFNO. The third kappa shape index (κ3) is 4.04. The maximum Gasteiger partial charge on any atom is 0.125 e. The average molecular weight is 324 g/mol. The second kappa shape index (κ2) is 6.68. The average Bonchev–Trinajstić information content (AvgIpc) is 2.41. The zero-order chi connectivity index (χ0) is 13.7. The van der Waals surface area contributed by atoms with Crippen LogP contribution in [0, 0.1) is 5.82 Å². The monoisotopic (exact) mass is 323 g/mol. The summed E-state index contributed by atoms with van der Waals surface area (Å²) in [5, 5.41) is 3.21. The van der Waals surface area contributed by atoms with Crippen LogP contribution in [0.4, 0.5) is 10.1 Å². The van der Waals surface area contributed by atoms with Crippen molar-refractivity contribution in [1.29, 1.82) is 0 Å². The largest absolute Gasteiger partial charge is 0.380 e. The number of nitrogens with one attached hydrogen (secondary N) is 1. The maximum absolute atomic E-state index is 13.2. The van der Waals surface area contributed by atoms with E-state index in [0.29, 0.717) is 13.2 Å². The third-order valence-corrected chi connectivity index (χ3v) is 3.41. The van der Waals surface area contributed by atoms with Gasteiger partial charge in [-0.2, -0.15) is 0 Å². The van der Waals surface area contributed by atoms with Crippen molar-refractivity contribution < 1.29 is 9.13 Å². The highest BCUT2D eigenvalue weighted by molar-refractivity contribution is 9.10. The Kier molecular flexibility index (Phi) is 4.93. The van der Waals surface area contributed by atoms with E-state index in [1.54, 1.807) is 13.2 Å². The molecule has 0 saturated carbocycles. The second-order valence-electron chi connectivity index (χ2n) is 4.23. The molecule has 2 rings (SSSR count). The first-order valence-electron chi connectivity index (χ1n) is 5.94. The number of hydrogen-bond donors (Lipinski definition) is 1. The Bertz CT molecular complexity index is 560. The summed E-state index contributed by atoms with van der Waals surface area (Å²) in [6.45, 7) is 1.23. The van der Waals surface area contributed by atoms with Crippen molar-refractivity contribution in [2.75, 3.05) is 12.4 Å². The van der Waals surface area contributed by atoms with Crippen LogP contribution in [-0.4, -0.2) is 7.11 Å². The normalized spacial score (nSPS) is 10.5. The molecule has 0 aliphatic heterocycles. The van der Waals surface area contributed by atoms with Gasteiger partial charge in [0.05, 0.1) is 12.3 Å². The fourth-order valence-electron chi connectivity index (χ4n) is 1.83. The van der Waals surface area contributed by atoms with Crippen molar-refractivity contribution in [1.82, 2.24) is 0 Å². The van der Waals surface area contributed by atoms with Crippen LogP contribution in [0.1, 0.15) is 11.1 Å². The first-order valence-corrected chi connectivity index (χ1v) is 6.74. The van der Waals surface area contributed by atoms with Crippen molar-refractivity contribution in [3.63, 3.8) is 0 Å². The van der Waals surface area contributed by atoms with Crippen LogP contribution in [0.3, 0.4) is 0 Å². The first kappa shape index (κ1) is 14.0. The van der Waals surface area contributed by atoms with E-state index in [2.05, 4.69) is 27.3 Å². The summed E-state index contributed by atoms with van der Waals surface area (Å²) >= 11 is 3.39. The van der Waals surface area contributed by atoms with Crippen LogP contribution < -0.4 is 5.32 Å². The quantitative estimate of drug-likeness (QED) is 0.883. The zero-order valence-electron chi connectivity index (χ0n) is 10.6. The van der Waals surface area contributed by atoms with E-state index in [4.69, 9.17) is 4.74 Å². The first-order chi connectivity index (χ1) is 9.19. The van der Waals surface area contributed by atoms with E-state index >= 15 is 0 Å². The lowest BCUT2D eigenvalue weighted by Crippen LogP contribution is -2.01. The number of methoxy groups -OCH3 is 1. The number of halogens is 2. The molecule has 4 heteroatoms. The minimum absolute atomic E-state index is 0.251. The maximum atomic E-state index is 13.2. The Morgan fingerprint density at radius 3 is 2.74 bits per heavy atom. The molecule has 1 N–H and O–H groups in total. The molecule has 0 aliphatic carbocycles. The number of benzene rings is 2. The van der Waals surface area contributed by atoms with E-state index in [-0.39, 0.29) is 5.82 Å². The molecule has 19 heavy (non-hydrogen) atoms. The lowest BCUT2D eigenvalue weighted by molar-refractivity contribution is 0.185. The van der Waals surface area contributed by atoms with Crippen molar-refractivity contribution in [3.8, 4) is 0 Å². The summed E-state index contributed by atoms with van der Waals surface area (Å²) in [6.07, 6.45) is 0. The third-order valence-electron chi connectivity index (χ3n) is 2.71. The van der Waals surface area contributed by atoms with Gasteiger partial charge in [0.2, 0.25) is 0 Å². The van der Waals surface area contributed by atoms with Gasteiger partial charge in [0.15, 0.2) is 0 Å². The van der Waals surface area contributed by atoms with Crippen LogP contribution in [-0.2, 0) is 17.9 Å². The van der Waals surface area contributed by atoms with Crippen molar-refractivity contribution >= 4 is 21.6 Å². The molecule has 0 fully saturated rings. The molecule has 0 aromatic heterocycles. The Morgan fingerprint density at radius 2 is 1.95 bits per heavy atom. The van der Waals surface area contributed by atoms with Gasteiger partial charge in [0.25, 0.3) is 0 Å². The van der Waals surface area contributed by atoms with Gasteiger partial charge in [-0.25, -0.2) is 4.39 Å². The Balaban J connectivity index is 2.05. The fraction of sp³-hybridized carbons (Fsp3) is 0.200. The zero-order valence-corrected chi connectivity index (χ0v) is 12.2. The highest BCUT2D eigenvalue weighted by Gasteiger charge is 2.02. The summed E-state index contributed by atoms with van der Waals surface area (Å²) in [6, 6.07) is 12.7. The van der Waals surface area contributed by atoms with Crippen LogP contribution in [0.5, 0.6) is 0 Å². The number of ether oxygens (including phenoxy) is 1. The summed E-state index contributed by atoms with van der Waals surface area (Å²) in [7, 11) is 1.68. The van der Waals surface area contributed by atoms with Gasteiger partial charge >= 0.3 is 0 Å². The van der Waals surface area contributed by atoms with Gasteiger partial charge in [0.1, 0.15) is 5.82 Å². The van der Waals surface area contributed by atoms with Crippen molar-refractivity contribution in [3.05, 3.63) is 63.9 Å². The SMILES string of the molecule is COCc1cccc(CNc2cc(F)ccc2Br)c1. The molecule has 0 bridgehead atoms. The topological polar surface area (TPSA) is 21.3 Å². The molecule has 0 heterocycles. The van der Waals surface area contributed by atoms with Gasteiger partial charge in [-0.05, 0) is 45.3 Å². The predicted molar refractivity (Wildman–Crippen MR) is 78.6 cm³/mol. The predicted octanol–water partition coefficient (Wildman–Crippen LogP) is 4.35. The molecule has 0 amide bonds. The molecule has 2 aromatic rings. The van der Waals surface area contributed by atoms with Crippen LogP contribution in [0.15, 0.2) is 46.9 Å². The fourth-order valence-corrected chi connectivity index (χ4v) is 2.21. The van der Waals surface area contributed by atoms with Gasteiger partial charge in [-0.15, -0.1) is 0 Å². The van der Waals surface area contributed by atoms with E-state index in [1.807, 2.05) is 18.2 Å². The smallest absolute Gasteiger partial charge is 0.125 e. The van der Waals surface area contributed by atoms with E-state index < -0.39 is 0 Å². The Morgan fingerprint density at radius 1 is 1.16 bits per heavy atom. The molecule has 0 saturated heterocycles. The second-order valence-corrected chi connectivity index (χ2v) is 5.09. The highest BCUT2D eigenvalue weighted by atomic mass is 79.9. The molecule has 2 aromatic carbocycles. The van der Waals surface area contributed by atoms with E-state index in [9.17, 15) is 4.39 Å². The molecule has 0 atom stereocenters. The summed E-state index contributed by atoms with van der Waals surface area (Å²) in [5.74, 6) is -0.251. The van der Waals surface area contributed by atoms with Gasteiger partial charge in [-0.3, -0.25) is 0 Å². The molecule has 2 nitrogen and oxygen atoms in total. The van der Waals surface area contributed by atoms with Crippen LogP contribution in [0.2, 0.25) is 0 Å². The van der Waals surface area contributed by atoms with E-state index in [0.717, 1.165) is 21.3 Å². The van der Waals surface area contributed by atoms with E-state index in [1.165, 1.54) is 12.1 Å². The summed E-state index contributed by atoms with van der Waals surface area (Å²) in [5.41, 5.74) is 3.00. The lowest BCUT2D eigenvalue weighted by Gasteiger charge is -2.10. The Labute approximate surface area is 120 Å². The molecule has 0 aliphatic rings. The Hall–Kier alpha value is -1.39. The molecule has 0 unspecified atom stereocenters. The lowest BCUT2D eigenvalue weighted by atomic mass is 10.1. The molecular weight excluding hydrogens is 309 g/mol. The number of hydrogen-bond acceptors (Lipinski definition) is 2. The summed E-state index contributed by atoms with van der Waals surface area (Å²) in [4.78, 5) is 0. The molecule has 100 valence electrons. The molecule has 0 spiro atoms. The minimum atomic E-state index is -0.251. The van der Waals surface area contributed by atoms with Crippen molar-refractivity contribution in [2.24, 2.45) is 0 Å². The highest BCUT2D eigenvalue weighted by Crippen LogP contribution is 2.23. The van der Waals surface area contributed by atoms with Crippen LogP contribution in [0.25, 0.3) is 0 Å². The standard InChI is InChI=1S/C15H15BrFNO/c1-19-10-12-4-2-3-11(7-12)9-18-15-8-13(17)5-6-14(15)16/h2-8,18H,9-10H2,1H3. The van der Waals surface area contributed by atoms with Gasteiger partial charge < -0.3 is 10.1 Å².